The lowest BCUT2D eigenvalue weighted by atomic mass is 10.0. The van der Waals surface area contributed by atoms with Crippen LogP contribution in [0.2, 0.25) is 0 Å². The molecule has 0 saturated carbocycles. The highest BCUT2D eigenvalue weighted by molar-refractivity contribution is 7.23. The Balaban J connectivity index is 1.25. The van der Waals surface area contributed by atoms with E-state index < -0.39 is 0 Å². The van der Waals surface area contributed by atoms with Gasteiger partial charge in [0.1, 0.15) is 10.0 Å². The number of anilines is 1. The minimum Gasteiger partial charge on any atom is -0.313 e. The summed E-state index contributed by atoms with van der Waals surface area (Å²) in [7, 11) is 0. The predicted octanol–water partition coefficient (Wildman–Crippen LogP) is 7.99. The van der Waals surface area contributed by atoms with Gasteiger partial charge in [0.05, 0.1) is 10.2 Å². The Morgan fingerprint density at radius 2 is 1.66 bits per heavy atom. The van der Waals surface area contributed by atoms with Crippen molar-refractivity contribution in [3.63, 3.8) is 0 Å². The van der Waals surface area contributed by atoms with Gasteiger partial charge in [0.15, 0.2) is 0 Å². The van der Waals surface area contributed by atoms with Crippen LogP contribution in [0.25, 0.3) is 31.6 Å². The highest BCUT2D eigenvalue weighted by Gasteiger charge is 2.28. The summed E-state index contributed by atoms with van der Waals surface area (Å²) in [6.07, 6.45) is 0.940. The van der Waals surface area contributed by atoms with Crippen LogP contribution in [-0.4, -0.2) is 22.3 Å². The molecule has 0 aliphatic carbocycles. The second-order valence-electron chi connectivity index (χ2n) is 9.66. The molecule has 38 heavy (non-hydrogen) atoms. The summed E-state index contributed by atoms with van der Waals surface area (Å²) in [4.78, 5) is 22.3. The highest BCUT2D eigenvalue weighted by Crippen LogP contribution is 2.46. The lowest BCUT2D eigenvalue weighted by Crippen LogP contribution is -2.29. The van der Waals surface area contributed by atoms with E-state index in [1.807, 2.05) is 42.5 Å². The first-order chi connectivity index (χ1) is 18.7. The van der Waals surface area contributed by atoms with Crippen LogP contribution in [0, 0.1) is 0 Å². The molecule has 2 aromatic heterocycles. The van der Waals surface area contributed by atoms with Gasteiger partial charge in [0.2, 0.25) is 0 Å². The molecule has 186 valence electrons. The quantitative estimate of drug-likeness (QED) is 0.245. The normalized spacial score (nSPS) is 13.6. The fourth-order valence-electron chi connectivity index (χ4n) is 5.23. The largest absolute Gasteiger partial charge is 0.313 e. The van der Waals surface area contributed by atoms with Crippen LogP contribution in [0.4, 0.5) is 5.00 Å². The van der Waals surface area contributed by atoms with Crippen molar-refractivity contribution in [3.8, 4) is 10.6 Å². The van der Waals surface area contributed by atoms with Crippen LogP contribution >= 0.6 is 22.7 Å². The Kier molecular flexibility index (Phi) is 6.01. The SMILES string of the molecule is O=C(Nc1sc2c(c1-c1nc3ccccc3s1)CCN(Cc1ccccc1)C2)c1ccc2ccccc2c1. The molecule has 6 heteroatoms. The summed E-state index contributed by atoms with van der Waals surface area (Å²) in [6, 6.07) is 32.9. The van der Waals surface area contributed by atoms with E-state index in [2.05, 4.69) is 64.8 Å². The number of thiophene rings is 1. The van der Waals surface area contributed by atoms with Crippen molar-refractivity contribution in [1.29, 1.82) is 0 Å². The number of para-hydroxylation sites is 1. The highest BCUT2D eigenvalue weighted by atomic mass is 32.1. The second-order valence-corrected chi connectivity index (χ2v) is 11.8. The number of hydrogen-bond donors (Lipinski definition) is 1. The van der Waals surface area contributed by atoms with E-state index in [4.69, 9.17) is 4.98 Å². The van der Waals surface area contributed by atoms with Crippen LogP contribution in [0.5, 0.6) is 0 Å². The number of carbonyl (C=O) groups is 1. The van der Waals surface area contributed by atoms with E-state index in [0.29, 0.717) is 5.56 Å². The lowest BCUT2D eigenvalue weighted by molar-refractivity contribution is 0.102. The lowest BCUT2D eigenvalue weighted by Gasteiger charge is -2.27. The summed E-state index contributed by atoms with van der Waals surface area (Å²) >= 11 is 3.40. The minimum absolute atomic E-state index is 0.0853. The van der Waals surface area contributed by atoms with Crippen LogP contribution in [0.15, 0.2) is 97.1 Å². The van der Waals surface area contributed by atoms with Gasteiger partial charge in [-0.15, -0.1) is 22.7 Å². The first kappa shape index (κ1) is 23.3. The molecular weight excluding hydrogens is 507 g/mol. The molecule has 4 nitrogen and oxygen atoms in total. The van der Waals surface area contributed by atoms with Crippen molar-refractivity contribution < 1.29 is 4.79 Å². The molecule has 0 spiro atoms. The smallest absolute Gasteiger partial charge is 0.256 e. The number of carbonyl (C=O) groups excluding carboxylic acids is 1. The number of benzene rings is 4. The van der Waals surface area contributed by atoms with E-state index in [9.17, 15) is 4.79 Å². The molecule has 1 aliphatic rings. The maximum Gasteiger partial charge on any atom is 0.256 e. The minimum atomic E-state index is -0.0853. The van der Waals surface area contributed by atoms with Crippen LogP contribution in [0.3, 0.4) is 0 Å². The zero-order valence-corrected chi connectivity index (χ0v) is 22.3. The molecule has 0 atom stereocenters. The summed E-state index contributed by atoms with van der Waals surface area (Å²) < 4.78 is 1.16. The third kappa shape index (κ3) is 4.41. The summed E-state index contributed by atoms with van der Waals surface area (Å²) in [5, 5.41) is 7.35. The topological polar surface area (TPSA) is 45.2 Å². The molecule has 0 saturated heterocycles. The number of thiazole rings is 1. The van der Waals surface area contributed by atoms with Crippen LogP contribution in [-0.2, 0) is 19.5 Å². The van der Waals surface area contributed by atoms with Crippen molar-refractivity contribution >= 4 is 54.6 Å². The van der Waals surface area contributed by atoms with E-state index in [1.54, 1.807) is 22.7 Å². The Labute approximate surface area is 229 Å². The number of rotatable bonds is 5. The molecule has 6 aromatic rings. The molecule has 1 aliphatic heterocycles. The fraction of sp³-hybridized carbons (Fsp3) is 0.125. The predicted molar refractivity (Wildman–Crippen MR) is 159 cm³/mol. The maximum atomic E-state index is 13.5. The molecule has 1 amide bonds. The van der Waals surface area contributed by atoms with Gasteiger partial charge in [-0.3, -0.25) is 9.69 Å². The third-order valence-corrected chi connectivity index (χ3v) is 9.32. The van der Waals surface area contributed by atoms with Crippen molar-refractivity contribution in [2.75, 3.05) is 11.9 Å². The molecule has 1 N–H and O–H groups in total. The van der Waals surface area contributed by atoms with Gasteiger partial charge < -0.3 is 5.32 Å². The maximum absolute atomic E-state index is 13.5. The number of nitrogens with zero attached hydrogens (tertiary/aromatic N) is 2. The van der Waals surface area contributed by atoms with Gasteiger partial charge in [-0.05, 0) is 52.6 Å². The first-order valence-corrected chi connectivity index (χ1v) is 14.4. The monoisotopic (exact) mass is 531 g/mol. The fourth-order valence-corrected chi connectivity index (χ4v) is 7.63. The number of aromatic nitrogens is 1. The van der Waals surface area contributed by atoms with Gasteiger partial charge >= 0.3 is 0 Å². The molecule has 0 radical (unpaired) electrons. The molecule has 4 aromatic carbocycles. The average Bonchev–Trinajstić information content (AvgIpc) is 3.53. The van der Waals surface area contributed by atoms with E-state index >= 15 is 0 Å². The number of amides is 1. The van der Waals surface area contributed by atoms with Crippen molar-refractivity contribution in [1.82, 2.24) is 9.88 Å². The van der Waals surface area contributed by atoms with E-state index in [1.165, 1.54) is 16.0 Å². The first-order valence-electron chi connectivity index (χ1n) is 12.8. The molecule has 0 bridgehead atoms. The Morgan fingerprint density at radius 3 is 2.53 bits per heavy atom. The summed E-state index contributed by atoms with van der Waals surface area (Å²) in [5.74, 6) is -0.0853. The van der Waals surface area contributed by atoms with Crippen LogP contribution in [0.1, 0.15) is 26.4 Å². The molecule has 0 fully saturated rings. The zero-order valence-electron chi connectivity index (χ0n) is 20.7. The summed E-state index contributed by atoms with van der Waals surface area (Å²) in [5.41, 5.74) is 5.41. The van der Waals surface area contributed by atoms with Gasteiger partial charge in [-0.1, -0.05) is 72.8 Å². The van der Waals surface area contributed by atoms with Crippen LogP contribution < -0.4 is 5.32 Å². The molecule has 0 unspecified atom stereocenters. The molecule has 3 heterocycles. The summed E-state index contributed by atoms with van der Waals surface area (Å²) in [6.45, 7) is 2.78. The number of hydrogen-bond acceptors (Lipinski definition) is 5. The second kappa shape index (κ2) is 9.80. The van der Waals surface area contributed by atoms with Gasteiger partial charge in [0, 0.05) is 35.6 Å². The number of fused-ring (bicyclic) bond motifs is 3. The Hall–Kier alpha value is -3.84. The van der Waals surface area contributed by atoms with Crippen molar-refractivity contribution in [3.05, 3.63) is 119 Å². The van der Waals surface area contributed by atoms with Crippen molar-refractivity contribution in [2.45, 2.75) is 19.5 Å². The molecular formula is C32H25N3OS2. The number of nitrogens with one attached hydrogen (secondary N) is 1. The van der Waals surface area contributed by atoms with E-state index in [-0.39, 0.29) is 5.91 Å². The van der Waals surface area contributed by atoms with Gasteiger partial charge in [0.25, 0.3) is 5.91 Å². The zero-order chi connectivity index (χ0) is 25.5. The van der Waals surface area contributed by atoms with Gasteiger partial charge in [-0.25, -0.2) is 4.98 Å². The standard InChI is InChI=1S/C32H25N3OS2/c36-30(24-15-14-22-10-4-5-11-23(22)18-24)34-32-29(31-33-26-12-6-7-13-27(26)37-31)25-16-17-35(20-28(25)38-32)19-21-8-2-1-3-9-21/h1-15,18H,16-17,19-20H2,(H,34,36). The van der Waals surface area contributed by atoms with E-state index in [0.717, 1.165) is 62.6 Å². The van der Waals surface area contributed by atoms with Gasteiger partial charge in [-0.2, -0.15) is 0 Å². The average molecular weight is 532 g/mol. The Bertz CT molecular complexity index is 1750. The molecule has 7 rings (SSSR count). The third-order valence-electron chi connectivity index (χ3n) is 7.13. The van der Waals surface area contributed by atoms with Crippen molar-refractivity contribution in [2.24, 2.45) is 0 Å². The Morgan fingerprint density at radius 1 is 0.868 bits per heavy atom.